The average Bonchev–Trinajstić information content (AvgIpc) is 3.22. The van der Waals surface area contributed by atoms with E-state index in [2.05, 4.69) is 56.9 Å². The minimum atomic E-state index is 0. The number of nitrogens with zero attached hydrogens (tertiary/aromatic N) is 2. The Morgan fingerprint density at radius 3 is 2.23 bits per heavy atom. The summed E-state index contributed by atoms with van der Waals surface area (Å²) in [6.45, 7) is 9.06. The fourth-order valence-corrected chi connectivity index (χ4v) is 3.55. The predicted octanol–water partition coefficient (Wildman–Crippen LogP) is 4.55. The SMILES string of the molecule is CN=C(NCc1ccc(CN2CCCC2)cc1)NCc1cccc(OC(C)C)c1.I. The van der Waals surface area contributed by atoms with E-state index in [1.165, 1.54) is 37.1 Å². The maximum Gasteiger partial charge on any atom is 0.191 e. The molecule has 1 heterocycles. The largest absolute Gasteiger partial charge is 0.491 e. The van der Waals surface area contributed by atoms with Crippen LogP contribution in [0.1, 0.15) is 43.4 Å². The van der Waals surface area contributed by atoms with Gasteiger partial charge in [-0.1, -0.05) is 36.4 Å². The van der Waals surface area contributed by atoms with Crippen molar-refractivity contribution in [2.24, 2.45) is 4.99 Å². The third-order valence-corrected chi connectivity index (χ3v) is 5.04. The van der Waals surface area contributed by atoms with Crippen LogP contribution in [0.25, 0.3) is 0 Å². The summed E-state index contributed by atoms with van der Waals surface area (Å²) >= 11 is 0. The smallest absolute Gasteiger partial charge is 0.191 e. The van der Waals surface area contributed by atoms with Crippen molar-refractivity contribution in [3.05, 3.63) is 65.2 Å². The Bertz CT molecular complexity index is 786. The number of ether oxygens (including phenoxy) is 1. The number of guanidine groups is 1. The first kappa shape index (κ1) is 24.5. The summed E-state index contributed by atoms with van der Waals surface area (Å²) < 4.78 is 5.77. The average molecular weight is 522 g/mol. The van der Waals surface area contributed by atoms with E-state index >= 15 is 0 Å². The molecule has 3 rings (SSSR count). The summed E-state index contributed by atoms with van der Waals surface area (Å²) in [4.78, 5) is 6.86. The first-order valence-electron chi connectivity index (χ1n) is 10.6. The first-order valence-corrected chi connectivity index (χ1v) is 10.6. The zero-order valence-electron chi connectivity index (χ0n) is 18.4. The van der Waals surface area contributed by atoms with Gasteiger partial charge in [-0.2, -0.15) is 0 Å². The Labute approximate surface area is 198 Å². The van der Waals surface area contributed by atoms with Crippen molar-refractivity contribution in [1.29, 1.82) is 0 Å². The lowest BCUT2D eigenvalue weighted by atomic mass is 10.1. The number of hydrogen-bond acceptors (Lipinski definition) is 3. The van der Waals surface area contributed by atoms with Crippen molar-refractivity contribution in [3.8, 4) is 5.75 Å². The molecule has 0 bridgehead atoms. The summed E-state index contributed by atoms with van der Waals surface area (Å²) in [7, 11) is 1.80. The Kier molecular flexibility index (Phi) is 10.4. The minimum absolute atomic E-state index is 0. The number of halogens is 1. The molecule has 1 aliphatic heterocycles. The Morgan fingerprint density at radius 2 is 1.60 bits per heavy atom. The molecule has 2 aromatic rings. The van der Waals surface area contributed by atoms with Gasteiger partial charge in [-0.3, -0.25) is 9.89 Å². The van der Waals surface area contributed by atoms with Gasteiger partial charge in [-0.25, -0.2) is 0 Å². The van der Waals surface area contributed by atoms with Gasteiger partial charge in [-0.05, 0) is 68.6 Å². The molecule has 1 aliphatic rings. The molecule has 0 unspecified atom stereocenters. The fourth-order valence-electron chi connectivity index (χ4n) is 3.55. The van der Waals surface area contributed by atoms with E-state index < -0.39 is 0 Å². The topological polar surface area (TPSA) is 48.9 Å². The molecular formula is C24H35IN4O. The van der Waals surface area contributed by atoms with Crippen LogP contribution in [-0.2, 0) is 19.6 Å². The molecular weight excluding hydrogens is 487 g/mol. The van der Waals surface area contributed by atoms with Crippen LogP contribution in [0.15, 0.2) is 53.5 Å². The second-order valence-corrected chi connectivity index (χ2v) is 7.89. The van der Waals surface area contributed by atoms with Crippen molar-refractivity contribution in [3.63, 3.8) is 0 Å². The molecule has 2 N–H and O–H groups in total. The summed E-state index contributed by atoms with van der Waals surface area (Å²) in [5, 5.41) is 6.77. The second kappa shape index (κ2) is 12.8. The van der Waals surface area contributed by atoms with Crippen LogP contribution in [0.5, 0.6) is 5.75 Å². The van der Waals surface area contributed by atoms with Crippen LogP contribution >= 0.6 is 24.0 Å². The van der Waals surface area contributed by atoms with E-state index in [1.54, 1.807) is 7.05 Å². The van der Waals surface area contributed by atoms with Crippen LogP contribution in [0.2, 0.25) is 0 Å². The second-order valence-electron chi connectivity index (χ2n) is 7.89. The van der Waals surface area contributed by atoms with Crippen LogP contribution in [0, 0.1) is 0 Å². The third-order valence-electron chi connectivity index (χ3n) is 5.04. The normalized spacial score (nSPS) is 14.5. The highest BCUT2D eigenvalue weighted by molar-refractivity contribution is 14.0. The third kappa shape index (κ3) is 8.14. The van der Waals surface area contributed by atoms with Crippen LogP contribution in [0.3, 0.4) is 0 Å². The molecule has 1 saturated heterocycles. The van der Waals surface area contributed by atoms with Gasteiger partial charge < -0.3 is 15.4 Å². The number of likely N-dealkylation sites (tertiary alicyclic amines) is 1. The molecule has 1 fully saturated rings. The molecule has 0 radical (unpaired) electrons. The van der Waals surface area contributed by atoms with Gasteiger partial charge in [0.05, 0.1) is 6.10 Å². The van der Waals surface area contributed by atoms with E-state index in [4.69, 9.17) is 4.74 Å². The Balaban J connectivity index is 0.00000320. The Morgan fingerprint density at radius 1 is 0.967 bits per heavy atom. The van der Waals surface area contributed by atoms with E-state index in [-0.39, 0.29) is 30.1 Å². The van der Waals surface area contributed by atoms with E-state index in [1.807, 2.05) is 26.0 Å². The molecule has 0 aliphatic carbocycles. The fraction of sp³-hybridized carbons (Fsp3) is 0.458. The standard InChI is InChI=1S/C24H34N4O.HI/c1-19(2)29-23-8-6-7-22(15-23)17-27-24(25-3)26-16-20-9-11-21(12-10-20)18-28-13-4-5-14-28;/h6-12,15,19H,4-5,13-14,16-18H2,1-3H3,(H2,25,26,27);1H. The molecule has 0 amide bonds. The van der Waals surface area contributed by atoms with Gasteiger partial charge in [0.2, 0.25) is 0 Å². The number of benzene rings is 2. The van der Waals surface area contributed by atoms with Crippen molar-refractivity contribution < 1.29 is 4.74 Å². The van der Waals surface area contributed by atoms with Crippen molar-refractivity contribution >= 4 is 29.9 Å². The lowest BCUT2D eigenvalue weighted by Crippen LogP contribution is -2.36. The molecule has 0 atom stereocenters. The highest BCUT2D eigenvalue weighted by Gasteiger charge is 2.11. The highest BCUT2D eigenvalue weighted by Crippen LogP contribution is 2.15. The van der Waals surface area contributed by atoms with Crippen LogP contribution in [-0.4, -0.2) is 37.1 Å². The highest BCUT2D eigenvalue weighted by atomic mass is 127. The van der Waals surface area contributed by atoms with Gasteiger partial charge in [0.1, 0.15) is 5.75 Å². The predicted molar refractivity (Wildman–Crippen MR) is 136 cm³/mol. The van der Waals surface area contributed by atoms with E-state index in [9.17, 15) is 0 Å². The zero-order chi connectivity index (χ0) is 20.5. The zero-order valence-corrected chi connectivity index (χ0v) is 20.7. The van der Waals surface area contributed by atoms with E-state index in [0.29, 0.717) is 6.54 Å². The molecule has 0 spiro atoms. The lowest BCUT2D eigenvalue weighted by molar-refractivity contribution is 0.242. The maximum absolute atomic E-state index is 5.77. The summed E-state index contributed by atoms with van der Waals surface area (Å²) in [6, 6.07) is 17.1. The first-order chi connectivity index (χ1) is 14.1. The van der Waals surface area contributed by atoms with Gasteiger partial charge in [0, 0.05) is 26.7 Å². The van der Waals surface area contributed by atoms with Crippen LogP contribution in [0.4, 0.5) is 0 Å². The van der Waals surface area contributed by atoms with Crippen molar-refractivity contribution in [2.45, 2.75) is 52.4 Å². The van der Waals surface area contributed by atoms with Crippen molar-refractivity contribution in [1.82, 2.24) is 15.5 Å². The number of aliphatic imine (C=N–C) groups is 1. The summed E-state index contributed by atoms with van der Waals surface area (Å²) in [5.41, 5.74) is 3.81. The molecule has 0 saturated carbocycles. The van der Waals surface area contributed by atoms with Gasteiger partial charge in [0.25, 0.3) is 0 Å². The molecule has 164 valence electrons. The molecule has 5 nitrogen and oxygen atoms in total. The number of hydrogen-bond donors (Lipinski definition) is 2. The summed E-state index contributed by atoms with van der Waals surface area (Å²) in [6.07, 6.45) is 2.85. The minimum Gasteiger partial charge on any atom is -0.491 e. The maximum atomic E-state index is 5.77. The monoisotopic (exact) mass is 522 g/mol. The van der Waals surface area contributed by atoms with Crippen molar-refractivity contribution in [2.75, 3.05) is 20.1 Å². The number of rotatable bonds is 8. The van der Waals surface area contributed by atoms with E-state index in [0.717, 1.165) is 30.4 Å². The molecule has 30 heavy (non-hydrogen) atoms. The molecule has 6 heteroatoms. The molecule has 0 aromatic heterocycles. The van der Waals surface area contributed by atoms with Gasteiger partial charge >= 0.3 is 0 Å². The summed E-state index contributed by atoms with van der Waals surface area (Å²) in [5.74, 6) is 1.69. The van der Waals surface area contributed by atoms with Gasteiger partial charge in [-0.15, -0.1) is 24.0 Å². The Hall–Kier alpha value is -1.80. The number of nitrogens with one attached hydrogen (secondary N) is 2. The van der Waals surface area contributed by atoms with Crippen LogP contribution < -0.4 is 15.4 Å². The quantitative estimate of drug-likeness (QED) is 0.304. The molecule has 2 aromatic carbocycles. The van der Waals surface area contributed by atoms with Gasteiger partial charge in [0.15, 0.2) is 5.96 Å². The lowest BCUT2D eigenvalue weighted by Gasteiger charge is -2.15.